The topological polar surface area (TPSA) is 71.2 Å². The van der Waals surface area contributed by atoms with E-state index in [4.69, 9.17) is 5.73 Å². The molecule has 0 aromatic carbocycles. The zero-order chi connectivity index (χ0) is 13.0. The summed E-state index contributed by atoms with van der Waals surface area (Å²) >= 11 is 3.25. The number of nitrogens with zero attached hydrogens (tertiary/aromatic N) is 2. The van der Waals surface area contributed by atoms with Gasteiger partial charge in [-0.15, -0.1) is 0 Å². The van der Waals surface area contributed by atoms with Gasteiger partial charge in [0.1, 0.15) is 10.7 Å². The standard InChI is InChI=1S/C11H18N4OS2/c1-2-13-11-14-9(12)8(18-11)10(16)15-4-3-6-17-7-5-15/h2-7,12H2,1H3,(H,13,14). The Labute approximate surface area is 115 Å². The third-order valence-electron chi connectivity index (χ3n) is 2.69. The highest BCUT2D eigenvalue weighted by molar-refractivity contribution is 7.99. The molecule has 0 saturated carbocycles. The van der Waals surface area contributed by atoms with Crippen LogP contribution in [0.5, 0.6) is 0 Å². The first-order valence-corrected chi connectivity index (χ1v) is 8.06. The lowest BCUT2D eigenvalue weighted by Crippen LogP contribution is -2.32. The van der Waals surface area contributed by atoms with Gasteiger partial charge in [0.05, 0.1) is 0 Å². The van der Waals surface area contributed by atoms with Crippen LogP contribution in [-0.4, -0.2) is 46.9 Å². The molecule has 0 unspecified atom stereocenters. The van der Waals surface area contributed by atoms with Gasteiger partial charge >= 0.3 is 0 Å². The summed E-state index contributed by atoms with van der Waals surface area (Å²) in [5, 5.41) is 3.82. The lowest BCUT2D eigenvalue weighted by molar-refractivity contribution is 0.0774. The molecule has 0 bridgehead atoms. The fraction of sp³-hybridized carbons (Fsp3) is 0.636. The van der Waals surface area contributed by atoms with E-state index in [1.807, 2.05) is 23.6 Å². The smallest absolute Gasteiger partial charge is 0.267 e. The molecule has 18 heavy (non-hydrogen) atoms. The van der Waals surface area contributed by atoms with E-state index in [1.165, 1.54) is 11.3 Å². The molecule has 7 heteroatoms. The number of carbonyl (C=O) groups is 1. The van der Waals surface area contributed by atoms with Gasteiger partial charge in [-0.2, -0.15) is 11.8 Å². The molecule has 2 heterocycles. The minimum atomic E-state index is 0.0247. The Morgan fingerprint density at radius 2 is 2.33 bits per heavy atom. The van der Waals surface area contributed by atoms with Gasteiger partial charge in [-0.25, -0.2) is 4.98 Å². The molecule has 0 spiro atoms. The molecular formula is C11H18N4OS2. The Bertz CT molecular complexity index is 413. The van der Waals surface area contributed by atoms with Crippen molar-refractivity contribution >= 4 is 40.0 Å². The van der Waals surface area contributed by atoms with Crippen molar-refractivity contribution in [3.63, 3.8) is 0 Å². The number of nitrogen functional groups attached to an aromatic ring is 1. The molecule has 0 aliphatic carbocycles. The van der Waals surface area contributed by atoms with Crippen molar-refractivity contribution in [1.82, 2.24) is 9.88 Å². The SMILES string of the molecule is CCNc1nc(N)c(C(=O)N2CCCSCC2)s1. The number of amides is 1. The van der Waals surface area contributed by atoms with E-state index in [-0.39, 0.29) is 5.91 Å². The van der Waals surface area contributed by atoms with Crippen LogP contribution in [0.4, 0.5) is 10.9 Å². The molecule has 1 aliphatic heterocycles. The maximum absolute atomic E-state index is 12.4. The first kappa shape index (κ1) is 13.5. The van der Waals surface area contributed by atoms with Crippen molar-refractivity contribution < 1.29 is 4.79 Å². The molecule has 1 aliphatic rings. The molecular weight excluding hydrogens is 268 g/mol. The van der Waals surface area contributed by atoms with Gasteiger partial charge in [0.25, 0.3) is 5.91 Å². The molecule has 1 aromatic rings. The summed E-state index contributed by atoms with van der Waals surface area (Å²) in [4.78, 5) is 19.0. The number of nitrogens with two attached hydrogens (primary N) is 1. The quantitative estimate of drug-likeness (QED) is 0.885. The lowest BCUT2D eigenvalue weighted by atomic mass is 10.3. The summed E-state index contributed by atoms with van der Waals surface area (Å²) < 4.78 is 0. The van der Waals surface area contributed by atoms with Crippen LogP contribution >= 0.6 is 23.1 Å². The number of rotatable bonds is 3. The molecule has 1 fully saturated rings. The Balaban J connectivity index is 2.11. The van der Waals surface area contributed by atoms with E-state index >= 15 is 0 Å². The van der Waals surface area contributed by atoms with Crippen molar-refractivity contribution in [1.29, 1.82) is 0 Å². The second-order valence-electron chi connectivity index (χ2n) is 4.02. The van der Waals surface area contributed by atoms with Crippen LogP contribution < -0.4 is 11.1 Å². The summed E-state index contributed by atoms with van der Waals surface area (Å²) in [6.07, 6.45) is 1.05. The molecule has 0 atom stereocenters. The number of anilines is 2. The second-order valence-corrected chi connectivity index (χ2v) is 6.25. The van der Waals surface area contributed by atoms with Crippen LogP contribution in [0.15, 0.2) is 0 Å². The molecule has 3 N–H and O–H groups in total. The Morgan fingerprint density at radius 3 is 3.11 bits per heavy atom. The van der Waals surface area contributed by atoms with Gasteiger partial charge in [-0.3, -0.25) is 4.79 Å². The molecule has 0 radical (unpaired) electrons. The fourth-order valence-corrected chi connectivity index (χ4v) is 3.61. The predicted octanol–water partition coefficient (Wildman–Crippen LogP) is 1.74. The first-order valence-electron chi connectivity index (χ1n) is 6.09. The van der Waals surface area contributed by atoms with Crippen molar-refractivity contribution in [2.24, 2.45) is 0 Å². The van der Waals surface area contributed by atoms with Gasteiger partial charge in [0.2, 0.25) is 0 Å². The monoisotopic (exact) mass is 286 g/mol. The third kappa shape index (κ3) is 3.08. The number of thioether (sulfide) groups is 1. The highest BCUT2D eigenvalue weighted by atomic mass is 32.2. The average molecular weight is 286 g/mol. The maximum Gasteiger partial charge on any atom is 0.267 e. The van der Waals surface area contributed by atoms with Crippen LogP contribution in [0.2, 0.25) is 0 Å². The van der Waals surface area contributed by atoms with Crippen LogP contribution in [0.25, 0.3) is 0 Å². The molecule has 5 nitrogen and oxygen atoms in total. The summed E-state index contributed by atoms with van der Waals surface area (Å²) in [5.74, 6) is 2.50. The van der Waals surface area contributed by atoms with E-state index in [9.17, 15) is 4.79 Å². The number of hydrogen-bond acceptors (Lipinski definition) is 6. The Morgan fingerprint density at radius 1 is 1.50 bits per heavy atom. The second kappa shape index (κ2) is 6.29. The van der Waals surface area contributed by atoms with Crippen molar-refractivity contribution in [3.8, 4) is 0 Å². The normalized spacial score (nSPS) is 16.4. The van der Waals surface area contributed by atoms with Gasteiger partial charge in [0.15, 0.2) is 5.13 Å². The van der Waals surface area contributed by atoms with Gasteiger partial charge in [0, 0.05) is 25.4 Å². The first-order chi connectivity index (χ1) is 8.72. The zero-order valence-corrected chi connectivity index (χ0v) is 12.1. The van der Waals surface area contributed by atoms with E-state index in [0.717, 1.165) is 42.7 Å². The number of aromatic nitrogens is 1. The molecule has 1 amide bonds. The number of nitrogens with one attached hydrogen (secondary N) is 1. The van der Waals surface area contributed by atoms with Crippen molar-refractivity contribution in [2.75, 3.05) is 42.2 Å². The van der Waals surface area contributed by atoms with Crippen LogP contribution in [0.1, 0.15) is 23.0 Å². The van der Waals surface area contributed by atoms with Crippen LogP contribution in [0.3, 0.4) is 0 Å². The van der Waals surface area contributed by atoms with E-state index in [2.05, 4.69) is 10.3 Å². The van der Waals surface area contributed by atoms with Gasteiger partial charge in [-0.1, -0.05) is 11.3 Å². The summed E-state index contributed by atoms with van der Waals surface area (Å²) in [5.41, 5.74) is 5.82. The molecule has 1 aromatic heterocycles. The Hall–Kier alpha value is -0.950. The van der Waals surface area contributed by atoms with Gasteiger partial charge < -0.3 is 16.0 Å². The van der Waals surface area contributed by atoms with Crippen molar-refractivity contribution in [3.05, 3.63) is 4.88 Å². The van der Waals surface area contributed by atoms with E-state index in [1.54, 1.807) is 0 Å². The van der Waals surface area contributed by atoms with Crippen LogP contribution in [0, 0.1) is 0 Å². The minimum absolute atomic E-state index is 0.0247. The minimum Gasteiger partial charge on any atom is -0.382 e. The van der Waals surface area contributed by atoms with Gasteiger partial charge in [-0.05, 0) is 19.1 Å². The summed E-state index contributed by atoms with van der Waals surface area (Å²) in [6.45, 7) is 4.39. The zero-order valence-electron chi connectivity index (χ0n) is 10.4. The third-order valence-corrected chi connectivity index (χ3v) is 4.75. The highest BCUT2D eigenvalue weighted by Crippen LogP contribution is 2.26. The van der Waals surface area contributed by atoms with E-state index in [0.29, 0.717) is 10.7 Å². The lowest BCUT2D eigenvalue weighted by Gasteiger charge is -2.18. The average Bonchev–Trinajstić information content (AvgIpc) is 2.57. The van der Waals surface area contributed by atoms with Crippen molar-refractivity contribution in [2.45, 2.75) is 13.3 Å². The summed E-state index contributed by atoms with van der Waals surface area (Å²) in [6, 6.07) is 0. The number of carbonyl (C=O) groups excluding carboxylic acids is 1. The predicted molar refractivity (Wildman–Crippen MR) is 78.5 cm³/mol. The largest absolute Gasteiger partial charge is 0.382 e. The fourth-order valence-electron chi connectivity index (χ4n) is 1.80. The van der Waals surface area contributed by atoms with E-state index < -0.39 is 0 Å². The summed E-state index contributed by atoms with van der Waals surface area (Å²) in [7, 11) is 0. The van der Waals surface area contributed by atoms with Crippen LogP contribution in [-0.2, 0) is 0 Å². The maximum atomic E-state index is 12.4. The molecule has 1 saturated heterocycles. The molecule has 2 rings (SSSR count). The molecule has 100 valence electrons. The number of hydrogen-bond donors (Lipinski definition) is 2. The number of thiazole rings is 1. The highest BCUT2D eigenvalue weighted by Gasteiger charge is 2.22. The Kier molecular flexibility index (Phi) is 4.71.